The molecule has 2 aromatic heterocycles. The van der Waals surface area contributed by atoms with Crippen molar-refractivity contribution in [1.29, 1.82) is 0 Å². The molecular formula is C24H17ClN4O3S2. The number of hydrogen-bond donors (Lipinski definition) is 0. The number of thioether (sulfide) groups is 1. The smallest absolute Gasteiger partial charge is 0.283 e. The van der Waals surface area contributed by atoms with Crippen molar-refractivity contribution >= 4 is 57.5 Å². The number of hydrogen-bond acceptors (Lipinski definition) is 8. The maximum absolute atomic E-state index is 13.3. The van der Waals surface area contributed by atoms with Crippen molar-refractivity contribution in [3.05, 3.63) is 87.5 Å². The van der Waals surface area contributed by atoms with Crippen molar-refractivity contribution in [3.63, 3.8) is 0 Å². The molecule has 0 unspecified atom stereocenters. The number of nitrogens with zero attached hydrogens (tertiary/aromatic N) is 4. The lowest BCUT2D eigenvalue weighted by Gasteiger charge is -2.18. The molecule has 0 saturated heterocycles. The quantitative estimate of drug-likeness (QED) is 0.291. The van der Waals surface area contributed by atoms with E-state index in [1.165, 1.54) is 28.0 Å². The summed E-state index contributed by atoms with van der Waals surface area (Å²) in [7, 11) is 1.54. The van der Waals surface area contributed by atoms with Crippen molar-refractivity contribution in [2.75, 3.05) is 12.0 Å². The number of rotatable bonds is 6. The number of methoxy groups -OCH3 is 1. The molecular weight excluding hydrogens is 492 g/mol. The average Bonchev–Trinajstić information content (AvgIpc) is 3.60. The third kappa shape index (κ3) is 4.63. The van der Waals surface area contributed by atoms with Gasteiger partial charge < -0.3 is 9.15 Å². The zero-order valence-electron chi connectivity index (χ0n) is 17.8. The minimum absolute atomic E-state index is 0.243. The Balaban J connectivity index is 1.42. The maximum Gasteiger partial charge on any atom is 0.283 e. The number of amidine groups is 1. The predicted molar refractivity (Wildman–Crippen MR) is 136 cm³/mol. The lowest BCUT2D eigenvalue weighted by Crippen LogP contribution is -2.30. The van der Waals surface area contributed by atoms with Crippen LogP contribution >= 0.6 is 34.7 Å². The Labute approximate surface area is 208 Å². The van der Waals surface area contributed by atoms with Crippen LogP contribution in [-0.4, -0.2) is 28.4 Å². The Bertz CT molecular complexity index is 1380. The van der Waals surface area contributed by atoms with E-state index in [2.05, 4.69) is 15.2 Å². The fourth-order valence-electron chi connectivity index (χ4n) is 3.26. The summed E-state index contributed by atoms with van der Waals surface area (Å²) in [6.07, 6.45) is 1.78. The third-order valence-electron chi connectivity index (χ3n) is 4.86. The molecule has 34 heavy (non-hydrogen) atoms. The zero-order valence-corrected chi connectivity index (χ0v) is 20.2. The van der Waals surface area contributed by atoms with Crippen molar-refractivity contribution < 1.29 is 13.9 Å². The van der Waals surface area contributed by atoms with Crippen LogP contribution in [0, 0.1) is 0 Å². The normalized spacial score (nSPS) is 14.6. The van der Waals surface area contributed by atoms with Gasteiger partial charge in [0.2, 0.25) is 11.8 Å². The number of ether oxygens (including phenoxy) is 1. The third-order valence-corrected chi connectivity index (χ3v) is 6.90. The van der Waals surface area contributed by atoms with Gasteiger partial charge in [0, 0.05) is 10.4 Å². The van der Waals surface area contributed by atoms with Gasteiger partial charge in [-0.2, -0.15) is 0 Å². The summed E-state index contributed by atoms with van der Waals surface area (Å²) in [6, 6.07) is 18.6. The first-order valence-electron chi connectivity index (χ1n) is 10.1. The van der Waals surface area contributed by atoms with Crippen molar-refractivity contribution in [2.24, 2.45) is 4.99 Å². The van der Waals surface area contributed by atoms with E-state index in [9.17, 15) is 4.79 Å². The van der Waals surface area contributed by atoms with Crippen LogP contribution < -0.4 is 9.64 Å². The van der Waals surface area contributed by atoms with Gasteiger partial charge in [-0.25, -0.2) is 4.99 Å². The first-order chi connectivity index (χ1) is 16.6. The van der Waals surface area contributed by atoms with Gasteiger partial charge in [-0.3, -0.25) is 9.69 Å². The maximum atomic E-state index is 13.3. The van der Waals surface area contributed by atoms with Gasteiger partial charge in [0.25, 0.3) is 5.91 Å². The van der Waals surface area contributed by atoms with Crippen LogP contribution in [0.15, 0.2) is 81.2 Å². The minimum atomic E-state index is -0.243. The average molecular weight is 509 g/mol. The Morgan fingerprint density at radius 2 is 2.00 bits per heavy atom. The van der Waals surface area contributed by atoms with Crippen LogP contribution in [0.25, 0.3) is 17.5 Å². The van der Waals surface area contributed by atoms with E-state index in [1.54, 1.807) is 31.4 Å². The molecule has 1 aliphatic rings. The highest BCUT2D eigenvalue weighted by Crippen LogP contribution is 2.35. The molecule has 0 fully saturated rings. The van der Waals surface area contributed by atoms with E-state index in [1.807, 2.05) is 47.8 Å². The molecule has 2 aromatic carbocycles. The highest BCUT2D eigenvalue weighted by molar-refractivity contribution is 8.13. The number of aromatic nitrogens is 2. The van der Waals surface area contributed by atoms with Gasteiger partial charge in [-0.15, -0.1) is 21.5 Å². The van der Waals surface area contributed by atoms with Crippen LogP contribution in [0.3, 0.4) is 0 Å². The van der Waals surface area contributed by atoms with Crippen molar-refractivity contribution in [2.45, 2.75) is 5.75 Å². The first kappa shape index (κ1) is 22.4. The Kier molecular flexibility index (Phi) is 6.48. The summed E-state index contributed by atoms with van der Waals surface area (Å²) in [5.74, 6) is 1.50. The van der Waals surface area contributed by atoms with Gasteiger partial charge in [-0.1, -0.05) is 47.6 Å². The van der Waals surface area contributed by atoms with Gasteiger partial charge in [-0.05, 0) is 47.9 Å². The number of carbonyl (C=O) groups excluding carboxylic acids is 1. The molecule has 4 aromatic rings. The summed E-state index contributed by atoms with van der Waals surface area (Å²) in [6.45, 7) is 0. The summed E-state index contributed by atoms with van der Waals surface area (Å²) >= 11 is 9.20. The van der Waals surface area contributed by atoms with E-state index in [4.69, 9.17) is 20.8 Å². The predicted octanol–water partition coefficient (Wildman–Crippen LogP) is 6.14. The second kappa shape index (κ2) is 9.84. The summed E-state index contributed by atoms with van der Waals surface area (Å²) in [5, 5.41) is 11.1. The van der Waals surface area contributed by atoms with Crippen LogP contribution in [0.2, 0.25) is 5.02 Å². The number of halogens is 1. The lowest BCUT2D eigenvalue weighted by atomic mass is 10.2. The zero-order chi connectivity index (χ0) is 23.5. The molecule has 170 valence electrons. The van der Waals surface area contributed by atoms with E-state index in [0.717, 1.165) is 10.4 Å². The van der Waals surface area contributed by atoms with Gasteiger partial charge in [0.15, 0.2) is 5.17 Å². The van der Waals surface area contributed by atoms with Gasteiger partial charge >= 0.3 is 0 Å². The topological polar surface area (TPSA) is 80.8 Å². The SMILES string of the molecule is COc1ccc(N2C(=O)/C(=C\c3cccs3)N=C2SCc2nnc(-c3ccccc3)o2)cc1Cl. The number of aliphatic imine (C=N–C) groups is 1. The second-order valence-electron chi connectivity index (χ2n) is 7.05. The molecule has 3 heterocycles. The molecule has 0 atom stereocenters. The minimum Gasteiger partial charge on any atom is -0.495 e. The Morgan fingerprint density at radius 3 is 2.74 bits per heavy atom. The fraction of sp³-hybridized carbons (Fsp3) is 0.0833. The van der Waals surface area contributed by atoms with E-state index < -0.39 is 0 Å². The molecule has 0 saturated carbocycles. The standard InChI is InChI=1S/C24H17ClN4O3S2/c1-31-20-10-9-16(12-18(20)25)29-23(30)19(13-17-8-5-11-33-17)26-24(29)34-14-21-27-28-22(32-21)15-6-3-2-4-7-15/h2-13H,14H2,1H3/b19-13+. The van der Waals surface area contributed by atoms with Crippen LogP contribution in [0.5, 0.6) is 5.75 Å². The number of benzene rings is 2. The number of thiophene rings is 1. The Morgan fingerprint density at radius 1 is 1.15 bits per heavy atom. The number of carbonyl (C=O) groups is 1. The van der Waals surface area contributed by atoms with Crippen molar-refractivity contribution in [1.82, 2.24) is 10.2 Å². The van der Waals surface area contributed by atoms with Crippen molar-refractivity contribution in [3.8, 4) is 17.2 Å². The summed E-state index contributed by atoms with van der Waals surface area (Å²) < 4.78 is 11.0. The second-order valence-corrected chi connectivity index (χ2v) is 9.38. The van der Waals surface area contributed by atoms with E-state index >= 15 is 0 Å². The highest BCUT2D eigenvalue weighted by Gasteiger charge is 2.33. The monoisotopic (exact) mass is 508 g/mol. The largest absolute Gasteiger partial charge is 0.495 e. The number of amides is 1. The molecule has 0 N–H and O–H groups in total. The van der Waals surface area contributed by atoms with Crippen LogP contribution in [-0.2, 0) is 10.5 Å². The van der Waals surface area contributed by atoms with Gasteiger partial charge in [0.1, 0.15) is 11.4 Å². The Hall–Kier alpha value is -3.40. The first-order valence-corrected chi connectivity index (χ1v) is 12.4. The van der Waals surface area contributed by atoms with E-state index in [-0.39, 0.29) is 5.91 Å². The van der Waals surface area contributed by atoms with Crippen LogP contribution in [0.4, 0.5) is 5.69 Å². The molecule has 0 aliphatic carbocycles. The molecule has 1 aliphatic heterocycles. The molecule has 5 rings (SSSR count). The molecule has 1 amide bonds. The number of anilines is 1. The molecule has 10 heteroatoms. The summed E-state index contributed by atoms with van der Waals surface area (Å²) in [5.41, 5.74) is 1.77. The molecule has 0 radical (unpaired) electrons. The summed E-state index contributed by atoms with van der Waals surface area (Å²) in [4.78, 5) is 20.4. The molecule has 0 bridgehead atoms. The van der Waals surface area contributed by atoms with Gasteiger partial charge in [0.05, 0.1) is 23.6 Å². The lowest BCUT2D eigenvalue weighted by molar-refractivity contribution is -0.113. The molecule has 7 nitrogen and oxygen atoms in total. The fourth-order valence-corrected chi connectivity index (χ4v) is 5.01. The van der Waals surface area contributed by atoms with Crippen LogP contribution in [0.1, 0.15) is 10.8 Å². The highest BCUT2D eigenvalue weighted by atomic mass is 35.5. The molecule has 0 spiro atoms. The van der Waals surface area contributed by atoms with E-state index in [0.29, 0.717) is 44.9 Å².